The highest BCUT2D eigenvalue weighted by molar-refractivity contribution is 5.89. The van der Waals surface area contributed by atoms with Gasteiger partial charge in [-0.2, -0.15) is 15.0 Å². The molecule has 136 valence electrons. The number of carboxylic acids is 2. The van der Waals surface area contributed by atoms with Gasteiger partial charge in [0.2, 0.25) is 11.9 Å². The number of hydrogen-bond acceptors (Lipinski definition) is 8. The molecule has 27 heavy (non-hydrogen) atoms. The fourth-order valence-corrected chi connectivity index (χ4v) is 2.19. The number of aromatic carboxylic acids is 2. The lowest BCUT2D eigenvalue weighted by Gasteiger charge is -2.09. The molecule has 0 unspecified atom stereocenters. The van der Waals surface area contributed by atoms with Crippen LogP contribution in [0, 0.1) is 0 Å². The van der Waals surface area contributed by atoms with Crippen LogP contribution in [0.15, 0.2) is 48.5 Å². The normalized spacial score (nSPS) is 10.2. The highest BCUT2D eigenvalue weighted by Crippen LogP contribution is 2.20. The zero-order valence-corrected chi connectivity index (χ0v) is 13.6. The van der Waals surface area contributed by atoms with Crippen molar-refractivity contribution in [1.82, 2.24) is 15.0 Å². The van der Waals surface area contributed by atoms with Gasteiger partial charge in [-0.15, -0.1) is 0 Å². The van der Waals surface area contributed by atoms with Gasteiger partial charge < -0.3 is 26.0 Å². The maximum Gasteiger partial charge on any atom is 0.335 e. The van der Waals surface area contributed by atoms with Crippen molar-refractivity contribution in [3.05, 3.63) is 59.7 Å². The van der Waals surface area contributed by atoms with Crippen molar-refractivity contribution in [2.45, 2.75) is 0 Å². The van der Waals surface area contributed by atoms with Gasteiger partial charge in [-0.05, 0) is 36.4 Å². The summed E-state index contributed by atoms with van der Waals surface area (Å²) in [5.74, 6) is -2.22. The van der Waals surface area contributed by atoms with Crippen LogP contribution in [-0.4, -0.2) is 42.2 Å². The fraction of sp³-hybridized carbons (Fsp3) is 0. The van der Waals surface area contributed by atoms with Gasteiger partial charge >= 0.3 is 17.9 Å². The van der Waals surface area contributed by atoms with E-state index in [9.17, 15) is 14.7 Å². The minimum atomic E-state index is -1.09. The summed E-state index contributed by atoms with van der Waals surface area (Å²) in [5, 5.41) is 33.3. The van der Waals surface area contributed by atoms with Crippen LogP contribution >= 0.6 is 0 Å². The second-order valence-corrected chi connectivity index (χ2v) is 5.30. The van der Waals surface area contributed by atoms with Gasteiger partial charge in [-0.1, -0.05) is 12.1 Å². The molecule has 0 atom stereocenters. The summed E-state index contributed by atoms with van der Waals surface area (Å²) in [6.07, 6.45) is 0. The largest absolute Gasteiger partial charge is 0.479 e. The Labute approximate surface area is 152 Å². The van der Waals surface area contributed by atoms with Crippen LogP contribution in [0.4, 0.5) is 23.3 Å². The smallest absolute Gasteiger partial charge is 0.335 e. The minimum absolute atomic E-state index is 0.0260. The molecular weight excluding hydrogens is 354 g/mol. The molecule has 0 radical (unpaired) electrons. The molecule has 3 rings (SSSR count). The van der Waals surface area contributed by atoms with Gasteiger partial charge in [0.05, 0.1) is 11.1 Å². The van der Waals surface area contributed by atoms with Gasteiger partial charge in [0, 0.05) is 11.4 Å². The van der Waals surface area contributed by atoms with Crippen LogP contribution in [0.3, 0.4) is 0 Å². The Kier molecular flexibility index (Phi) is 4.79. The third-order valence-electron chi connectivity index (χ3n) is 3.35. The molecule has 0 saturated carbocycles. The number of carbonyl (C=O) groups is 2. The van der Waals surface area contributed by atoms with E-state index in [0.717, 1.165) is 0 Å². The van der Waals surface area contributed by atoms with Crippen LogP contribution in [0.2, 0.25) is 0 Å². The molecule has 10 nitrogen and oxygen atoms in total. The summed E-state index contributed by atoms with van der Waals surface area (Å²) >= 11 is 0. The minimum Gasteiger partial charge on any atom is -0.479 e. The van der Waals surface area contributed by atoms with E-state index in [2.05, 4.69) is 25.6 Å². The summed E-state index contributed by atoms with van der Waals surface area (Å²) in [4.78, 5) is 33.6. The summed E-state index contributed by atoms with van der Waals surface area (Å²) < 4.78 is 0. The van der Waals surface area contributed by atoms with E-state index < -0.39 is 17.9 Å². The van der Waals surface area contributed by atoms with E-state index in [4.69, 9.17) is 10.2 Å². The predicted octanol–water partition coefficient (Wildman–Crippen LogP) is 2.46. The zero-order chi connectivity index (χ0) is 19.4. The molecule has 0 bridgehead atoms. The maximum atomic E-state index is 11.0. The van der Waals surface area contributed by atoms with Gasteiger partial charge in [0.1, 0.15) is 0 Å². The molecule has 0 spiro atoms. The molecule has 0 fully saturated rings. The third kappa shape index (κ3) is 4.45. The molecular formula is C17H13N5O5. The van der Waals surface area contributed by atoms with Crippen LogP contribution < -0.4 is 10.6 Å². The van der Waals surface area contributed by atoms with Crippen LogP contribution in [0.1, 0.15) is 20.7 Å². The number of nitrogens with zero attached hydrogens (tertiary/aromatic N) is 3. The number of benzene rings is 2. The van der Waals surface area contributed by atoms with Crippen molar-refractivity contribution < 1.29 is 24.9 Å². The topological polar surface area (TPSA) is 158 Å². The van der Waals surface area contributed by atoms with Crippen LogP contribution in [-0.2, 0) is 0 Å². The van der Waals surface area contributed by atoms with Crippen molar-refractivity contribution in [3.63, 3.8) is 0 Å². The molecule has 3 aromatic rings. The highest BCUT2D eigenvalue weighted by atomic mass is 16.4. The monoisotopic (exact) mass is 367 g/mol. The van der Waals surface area contributed by atoms with Crippen LogP contribution in [0.25, 0.3) is 0 Å². The van der Waals surface area contributed by atoms with Gasteiger partial charge in [0.15, 0.2) is 0 Å². The third-order valence-corrected chi connectivity index (χ3v) is 3.35. The number of nitrogens with one attached hydrogen (secondary N) is 2. The molecule has 0 saturated heterocycles. The number of anilines is 4. The summed E-state index contributed by atoms with van der Waals surface area (Å²) in [7, 11) is 0. The maximum absolute atomic E-state index is 11.0. The number of hydrogen-bond donors (Lipinski definition) is 5. The lowest BCUT2D eigenvalue weighted by molar-refractivity contribution is 0.0686. The molecule has 1 aromatic heterocycles. The molecule has 1 heterocycles. The summed E-state index contributed by atoms with van der Waals surface area (Å²) in [5.41, 5.74) is 0.947. The SMILES string of the molecule is O=C(O)c1cccc(Nc2nc(O)nc(Nc3cccc(C(=O)O)c3)n2)c1. The van der Waals surface area contributed by atoms with Crippen molar-refractivity contribution in [3.8, 4) is 6.01 Å². The van der Waals surface area contributed by atoms with E-state index in [1.165, 1.54) is 24.3 Å². The standard InChI is InChI=1S/C17H13N5O5/c23-13(24)9-3-1-5-11(7-9)18-15-20-16(22-17(27)21-15)19-12-6-2-4-10(8-12)14(25)26/h1-8H,(H,23,24)(H,25,26)(H3,18,19,20,21,22,27). The molecule has 0 aliphatic carbocycles. The molecule has 0 amide bonds. The molecule has 0 aliphatic rings. The molecule has 0 aliphatic heterocycles. The lowest BCUT2D eigenvalue weighted by atomic mass is 10.2. The Balaban J connectivity index is 1.84. The highest BCUT2D eigenvalue weighted by Gasteiger charge is 2.09. The average Bonchev–Trinajstić information content (AvgIpc) is 2.61. The van der Waals surface area contributed by atoms with E-state index in [0.29, 0.717) is 11.4 Å². The lowest BCUT2D eigenvalue weighted by Crippen LogP contribution is -2.05. The predicted molar refractivity (Wildman–Crippen MR) is 94.9 cm³/mol. The Bertz CT molecular complexity index is 946. The van der Waals surface area contributed by atoms with Crippen molar-refractivity contribution >= 4 is 35.2 Å². The Morgan fingerprint density at radius 2 is 1.19 bits per heavy atom. The zero-order valence-electron chi connectivity index (χ0n) is 13.6. The first-order chi connectivity index (χ1) is 12.9. The average molecular weight is 367 g/mol. The Morgan fingerprint density at radius 1 is 0.741 bits per heavy atom. The number of carboxylic acid groups (broad SMARTS) is 2. The summed E-state index contributed by atoms with van der Waals surface area (Å²) in [6.45, 7) is 0. The molecule has 2 aromatic carbocycles. The summed E-state index contributed by atoms with van der Waals surface area (Å²) in [6, 6.07) is 11.4. The molecule has 10 heteroatoms. The number of rotatable bonds is 6. The number of aromatic hydroxyl groups is 1. The van der Waals surface area contributed by atoms with Gasteiger partial charge in [0.25, 0.3) is 0 Å². The molecule has 5 N–H and O–H groups in total. The first-order valence-corrected chi connectivity index (χ1v) is 7.56. The van der Waals surface area contributed by atoms with E-state index in [1.54, 1.807) is 24.3 Å². The van der Waals surface area contributed by atoms with E-state index in [-0.39, 0.29) is 23.0 Å². The quantitative estimate of drug-likeness (QED) is 0.438. The second kappa shape index (κ2) is 7.35. The second-order valence-electron chi connectivity index (χ2n) is 5.30. The van der Waals surface area contributed by atoms with Crippen molar-refractivity contribution in [1.29, 1.82) is 0 Å². The van der Waals surface area contributed by atoms with Gasteiger partial charge in [-0.3, -0.25) is 0 Å². The van der Waals surface area contributed by atoms with Gasteiger partial charge in [-0.25, -0.2) is 9.59 Å². The van der Waals surface area contributed by atoms with Crippen molar-refractivity contribution in [2.75, 3.05) is 10.6 Å². The first-order valence-electron chi connectivity index (χ1n) is 7.56. The first kappa shape index (κ1) is 17.6. The van der Waals surface area contributed by atoms with Crippen molar-refractivity contribution in [2.24, 2.45) is 0 Å². The van der Waals surface area contributed by atoms with Crippen LogP contribution in [0.5, 0.6) is 6.01 Å². The number of aromatic nitrogens is 3. The fourth-order valence-electron chi connectivity index (χ4n) is 2.19. The Morgan fingerprint density at radius 3 is 1.59 bits per heavy atom. The Hall–Kier alpha value is -4.21. The van der Waals surface area contributed by atoms with E-state index >= 15 is 0 Å². The van der Waals surface area contributed by atoms with E-state index in [1.807, 2.05) is 0 Å².